The quantitative estimate of drug-likeness (QED) is 0.796. The summed E-state index contributed by atoms with van der Waals surface area (Å²) in [5.41, 5.74) is 1.61. The highest BCUT2D eigenvalue weighted by molar-refractivity contribution is 6.30. The predicted molar refractivity (Wildman–Crippen MR) is 60.3 cm³/mol. The third kappa shape index (κ3) is 2.30. The van der Waals surface area contributed by atoms with Crippen LogP contribution in [0.5, 0.6) is 0 Å². The monoisotopic (exact) mass is 224 g/mol. The largest absolute Gasteiger partial charge is 0.347 e. The maximum atomic E-state index is 11.8. The molecule has 3 nitrogen and oxygen atoms in total. The van der Waals surface area contributed by atoms with Gasteiger partial charge in [0.25, 0.3) is 5.91 Å². The Morgan fingerprint density at radius 1 is 1.53 bits per heavy atom. The smallest absolute Gasteiger partial charge is 0.251 e. The summed E-state index contributed by atoms with van der Waals surface area (Å²) in [6.45, 7) is 3.61. The second kappa shape index (κ2) is 4.21. The van der Waals surface area contributed by atoms with E-state index < -0.39 is 0 Å². The van der Waals surface area contributed by atoms with Gasteiger partial charge in [0.05, 0.1) is 6.04 Å². The third-order valence-corrected chi connectivity index (χ3v) is 2.78. The van der Waals surface area contributed by atoms with E-state index in [1.807, 2.05) is 6.92 Å². The molecule has 1 aliphatic heterocycles. The summed E-state index contributed by atoms with van der Waals surface area (Å²) in [6, 6.07) is 5.57. The van der Waals surface area contributed by atoms with Crippen molar-refractivity contribution in [1.82, 2.24) is 10.6 Å². The molecule has 1 aromatic carbocycles. The highest BCUT2D eigenvalue weighted by Gasteiger charge is 2.20. The molecule has 0 radical (unpaired) electrons. The van der Waals surface area contributed by atoms with E-state index in [2.05, 4.69) is 10.6 Å². The zero-order chi connectivity index (χ0) is 10.8. The Morgan fingerprint density at radius 3 is 2.80 bits per heavy atom. The molecule has 2 rings (SSSR count). The van der Waals surface area contributed by atoms with Crippen molar-refractivity contribution in [1.29, 1.82) is 0 Å². The molecule has 1 amide bonds. The molecule has 1 fully saturated rings. The van der Waals surface area contributed by atoms with Crippen LogP contribution in [0.2, 0.25) is 5.02 Å². The second-order valence-electron chi connectivity index (χ2n) is 3.79. The van der Waals surface area contributed by atoms with Gasteiger partial charge < -0.3 is 10.6 Å². The molecule has 0 atom stereocenters. The molecule has 1 heterocycles. The van der Waals surface area contributed by atoms with Crippen LogP contribution in [-0.2, 0) is 0 Å². The third-order valence-electron chi connectivity index (χ3n) is 2.55. The molecule has 1 aliphatic rings. The van der Waals surface area contributed by atoms with Crippen molar-refractivity contribution in [3.8, 4) is 0 Å². The van der Waals surface area contributed by atoms with Gasteiger partial charge in [0.2, 0.25) is 0 Å². The van der Waals surface area contributed by atoms with Crippen molar-refractivity contribution in [2.45, 2.75) is 13.0 Å². The molecule has 0 unspecified atom stereocenters. The lowest BCUT2D eigenvalue weighted by Gasteiger charge is -2.28. The van der Waals surface area contributed by atoms with E-state index in [9.17, 15) is 4.79 Å². The zero-order valence-electron chi connectivity index (χ0n) is 8.51. The van der Waals surface area contributed by atoms with E-state index in [1.54, 1.807) is 18.2 Å². The van der Waals surface area contributed by atoms with Crippen molar-refractivity contribution in [2.24, 2.45) is 0 Å². The molecule has 1 saturated heterocycles. The van der Waals surface area contributed by atoms with Crippen LogP contribution >= 0.6 is 11.6 Å². The van der Waals surface area contributed by atoms with Crippen molar-refractivity contribution in [3.05, 3.63) is 34.3 Å². The Morgan fingerprint density at radius 2 is 2.27 bits per heavy atom. The number of nitrogens with one attached hydrogen (secondary N) is 2. The van der Waals surface area contributed by atoms with Crippen molar-refractivity contribution in [3.63, 3.8) is 0 Å². The molecule has 0 saturated carbocycles. The summed E-state index contributed by atoms with van der Waals surface area (Å²) in [4.78, 5) is 11.8. The number of hydrogen-bond acceptors (Lipinski definition) is 2. The average molecular weight is 225 g/mol. The molecule has 4 heteroatoms. The van der Waals surface area contributed by atoms with Crippen LogP contribution < -0.4 is 10.6 Å². The Balaban J connectivity index is 2.10. The van der Waals surface area contributed by atoms with Crippen LogP contribution in [0.25, 0.3) is 0 Å². The highest BCUT2D eigenvalue weighted by Crippen LogP contribution is 2.15. The first-order valence-electron chi connectivity index (χ1n) is 4.94. The first-order chi connectivity index (χ1) is 7.16. The minimum absolute atomic E-state index is 0.0179. The Bertz CT molecular complexity index is 388. The minimum atomic E-state index is -0.0179. The molecule has 0 spiro atoms. The van der Waals surface area contributed by atoms with Gasteiger partial charge in [0, 0.05) is 23.7 Å². The molecule has 80 valence electrons. The topological polar surface area (TPSA) is 41.1 Å². The lowest BCUT2D eigenvalue weighted by atomic mass is 10.1. The molecule has 1 aromatic rings. The number of aryl methyl sites for hydroxylation is 1. The molecule has 0 aliphatic carbocycles. The summed E-state index contributed by atoms with van der Waals surface area (Å²) < 4.78 is 0. The number of rotatable bonds is 2. The van der Waals surface area contributed by atoms with E-state index in [4.69, 9.17) is 11.6 Å². The van der Waals surface area contributed by atoms with Crippen LogP contribution in [0.1, 0.15) is 15.9 Å². The maximum Gasteiger partial charge on any atom is 0.251 e. The Kier molecular flexibility index (Phi) is 2.93. The van der Waals surface area contributed by atoms with Gasteiger partial charge in [-0.25, -0.2) is 0 Å². The Labute approximate surface area is 93.8 Å². The number of carbonyl (C=O) groups excluding carboxylic acids is 1. The standard InChI is InChI=1S/C11H13ClN2O/c1-7-4-8(12)2-3-10(7)11(15)14-9-5-13-6-9/h2-4,9,13H,5-6H2,1H3,(H,14,15). The van der Waals surface area contributed by atoms with Gasteiger partial charge in [-0.1, -0.05) is 11.6 Å². The van der Waals surface area contributed by atoms with E-state index in [-0.39, 0.29) is 11.9 Å². The van der Waals surface area contributed by atoms with E-state index >= 15 is 0 Å². The first-order valence-corrected chi connectivity index (χ1v) is 5.32. The number of halogens is 1. The number of carbonyl (C=O) groups is 1. The fraction of sp³-hybridized carbons (Fsp3) is 0.364. The minimum Gasteiger partial charge on any atom is -0.347 e. The first kappa shape index (κ1) is 10.5. The van der Waals surface area contributed by atoms with Crippen LogP contribution in [-0.4, -0.2) is 25.0 Å². The van der Waals surface area contributed by atoms with Crippen LogP contribution in [0.15, 0.2) is 18.2 Å². The van der Waals surface area contributed by atoms with E-state index in [0.717, 1.165) is 18.7 Å². The number of benzene rings is 1. The molecular formula is C11H13ClN2O. The molecule has 2 N–H and O–H groups in total. The molecule has 0 aromatic heterocycles. The lowest BCUT2D eigenvalue weighted by Crippen LogP contribution is -2.57. The average Bonchev–Trinajstić information content (AvgIpc) is 2.11. The highest BCUT2D eigenvalue weighted by atomic mass is 35.5. The van der Waals surface area contributed by atoms with Crippen LogP contribution in [0.3, 0.4) is 0 Å². The fourth-order valence-electron chi connectivity index (χ4n) is 1.54. The summed E-state index contributed by atoms with van der Waals surface area (Å²) >= 11 is 5.82. The normalized spacial score (nSPS) is 15.9. The molecule has 15 heavy (non-hydrogen) atoms. The maximum absolute atomic E-state index is 11.8. The van der Waals surface area contributed by atoms with Gasteiger partial charge in [-0.15, -0.1) is 0 Å². The SMILES string of the molecule is Cc1cc(Cl)ccc1C(=O)NC1CNC1. The summed E-state index contributed by atoms with van der Waals surface area (Å²) in [6.07, 6.45) is 0. The van der Waals surface area contributed by atoms with Gasteiger partial charge in [-0.05, 0) is 30.7 Å². The van der Waals surface area contributed by atoms with Crippen molar-refractivity contribution >= 4 is 17.5 Å². The lowest BCUT2D eigenvalue weighted by molar-refractivity contribution is 0.0923. The number of hydrogen-bond donors (Lipinski definition) is 2. The molecule has 0 bridgehead atoms. The van der Waals surface area contributed by atoms with Gasteiger partial charge in [-0.3, -0.25) is 4.79 Å². The summed E-state index contributed by atoms with van der Waals surface area (Å²) in [5.74, 6) is -0.0179. The summed E-state index contributed by atoms with van der Waals surface area (Å²) in [5, 5.41) is 6.72. The second-order valence-corrected chi connectivity index (χ2v) is 4.22. The van der Waals surface area contributed by atoms with Gasteiger partial charge in [-0.2, -0.15) is 0 Å². The molecular weight excluding hydrogens is 212 g/mol. The van der Waals surface area contributed by atoms with Crippen molar-refractivity contribution < 1.29 is 4.79 Å². The predicted octanol–water partition coefficient (Wildman–Crippen LogP) is 1.35. The van der Waals surface area contributed by atoms with Gasteiger partial charge in [0.1, 0.15) is 0 Å². The number of amides is 1. The zero-order valence-corrected chi connectivity index (χ0v) is 9.27. The van der Waals surface area contributed by atoms with Crippen LogP contribution in [0.4, 0.5) is 0 Å². The van der Waals surface area contributed by atoms with Gasteiger partial charge >= 0.3 is 0 Å². The summed E-state index contributed by atoms with van der Waals surface area (Å²) in [7, 11) is 0. The fourth-order valence-corrected chi connectivity index (χ4v) is 1.76. The van der Waals surface area contributed by atoms with Crippen LogP contribution in [0, 0.1) is 6.92 Å². The van der Waals surface area contributed by atoms with E-state index in [0.29, 0.717) is 10.6 Å². The van der Waals surface area contributed by atoms with Crippen molar-refractivity contribution in [2.75, 3.05) is 13.1 Å². The Hall–Kier alpha value is -1.06. The van der Waals surface area contributed by atoms with Gasteiger partial charge in [0.15, 0.2) is 0 Å². The van der Waals surface area contributed by atoms with E-state index in [1.165, 1.54) is 0 Å².